The summed E-state index contributed by atoms with van der Waals surface area (Å²) in [6.07, 6.45) is 0.967. The van der Waals surface area contributed by atoms with Gasteiger partial charge in [-0.05, 0) is 42.4 Å². The summed E-state index contributed by atoms with van der Waals surface area (Å²) in [5, 5.41) is 10.3. The molecule has 2 amide bonds. The molecule has 1 N–H and O–H groups in total. The highest BCUT2D eigenvalue weighted by molar-refractivity contribution is 5.94. The quantitative estimate of drug-likeness (QED) is 0.882. The molecule has 0 bridgehead atoms. The summed E-state index contributed by atoms with van der Waals surface area (Å²) >= 11 is 0. The van der Waals surface area contributed by atoms with Crippen molar-refractivity contribution in [1.82, 2.24) is 4.90 Å². The van der Waals surface area contributed by atoms with Crippen LogP contribution in [-0.4, -0.2) is 34.2 Å². The summed E-state index contributed by atoms with van der Waals surface area (Å²) in [6, 6.07) is 17.3. The highest BCUT2D eigenvalue weighted by atomic mass is 16.6. The summed E-state index contributed by atoms with van der Waals surface area (Å²) in [7, 11) is 0. The van der Waals surface area contributed by atoms with Gasteiger partial charge in [-0.2, -0.15) is 0 Å². The van der Waals surface area contributed by atoms with Crippen LogP contribution in [0.5, 0.6) is 0 Å². The topological polar surface area (TPSA) is 66.8 Å². The van der Waals surface area contributed by atoms with Crippen LogP contribution in [0.1, 0.15) is 42.0 Å². The molecule has 0 aromatic heterocycles. The largest absolute Gasteiger partial charge is 0.443 e. The van der Waals surface area contributed by atoms with Gasteiger partial charge < -0.3 is 9.84 Å². The van der Waals surface area contributed by atoms with Crippen LogP contribution in [0.3, 0.4) is 0 Å². The number of hydrogen-bond acceptors (Lipinski definition) is 4. The van der Waals surface area contributed by atoms with Crippen LogP contribution >= 0.6 is 0 Å². The Morgan fingerprint density at radius 3 is 2.70 bits per heavy atom. The first-order valence-corrected chi connectivity index (χ1v) is 9.46. The van der Waals surface area contributed by atoms with Crippen molar-refractivity contribution in [3.63, 3.8) is 0 Å². The van der Waals surface area contributed by atoms with Crippen molar-refractivity contribution >= 4 is 12.0 Å². The molecule has 0 unspecified atom stereocenters. The smallest absolute Gasteiger partial charge is 0.417 e. The number of ether oxygens (including phenoxy) is 1. The number of aryl methyl sites for hydroxylation is 2. The van der Waals surface area contributed by atoms with E-state index in [0.717, 1.165) is 23.1 Å². The summed E-state index contributed by atoms with van der Waals surface area (Å²) in [5.41, 5.74) is 3.25. The zero-order valence-electron chi connectivity index (χ0n) is 15.1. The van der Waals surface area contributed by atoms with Crippen LogP contribution in [0.2, 0.25) is 0 Å². The van der Waals surface area contributed by atoms with Crippen molar-refractivity contribution in [3.05, 3.63) is 71.3 Å². The van der Waals surface area contributed by atoms with Gasteiger partial charge in [0.2, 0.25) is 5.91 Å². The van der Waals surface area contributed by atoms with E-state index in [4.69, 9.17) is 4.74 Å². The van der Waals surface area contributed by atoms with Gasteiger partial charge in [0.15, 0.2) is 0 Å². The first-order valence-electron chi connectivity index (χ1n) is 9.46. The number of carbonyl (C=O) groups is 2. The molecular formula is C22H23NO4. The van der Waals surface area contributed by atoms with Crippen LogP contribution in [0.4, 0.5) is 4.79 Å². The minimum atomic E-state index is -0.789. The van der Waals surface area contributed by atoms with Gasteiger partial charge in [-0.3, -0.25) is 4.79 Å². The third kappa shape index (κ3) is 3.60. The summed E-state index contributed by atoms with van der Waals surface area (Å²) < 4.78 is 5.45. The third-order valence-electron chi connectivity index (χ3n) is 5.44. The molecule has 2 aliphatic rings. The predicted octanol–water partition coefficient (Wildman–Crippen LogP) is 3.41. The summed E-state index contributed by atoms with van der Waals surface area (Å²) in [4.78, 5) is 26.4. The number of aliphatic hydroxyl groups excluding tert-OH is 1. The van der Waals surface area contributed by atoms with Gasteiger partial charge >= 0.3 is 6.09 Å². The van der Waals surface area contributed by atoms with Crippen LogP contribution in [-0.2, 0) is 22.4 Å². The number of hydrogen-bond donors (Lipinski definition) is 1. The van der Waals surface area contributed by atoms with Crippen molar-refractivity contribution in [2.45, 2.75) is 50.4 Å². The van der Waals surface area contributed by atoms with E-state index in [1.807, 2.05) is 54.6 Å². The molecule has 1 heterocycles. The molecule has 27 heavy (non-hydrogen) atoms. The fourth-order valence-corrected chi connectivity index (χ4v) is 4.07. The maximum atomic E-state index is 12.8. The Bertz CT molecular complexity index is 835. The van der Waals surface area contributed by atoms with Crippen molar-refractivity contribution < 1.29 is 19.4 Å². The molecule has 5 nitrogen and oxygen atoms in total. The molecule has 0 saturated carbocycles. The van der Waals surface area contributed by atoms with Gasteiger partial charge in [0, 0.05) is 0 Å². The first kappa shape index (κ1) is 17.7. The maximum Gasteiger partial charge on any atom is 0.417 e. The normalized spacial score (nSPS) is 22.0. The Morgan fingerprint density at radius 2 is 1.89 bits per heavy atom. The number of amides is 2. The molecule has 0 radical (unpaired) electrons. The van der Waals surface area contributed by atoms with Crippen LogP contribution in [0.15, 0.2) is 54.6 Å². The average Bonchev–Trinajstić information content (AvgIpc) is 3.03. The Hall–Kier alpha value is -2.66. The van der Waals surface area contributed by atoms with Gasteiger partial charge in [0.05, 0.1) is 12.5 Å². The molecule has 5 heteroatoms. The lowest BCUT2D eigenvalue weighted by Crippen LogP contribution is -2.38. The molecule has 140 valence electrons. The Balaban J connectivity index is 1.44. The molecule has 1 aliphatic carbocycles. The fraction of sp³-hybridized carbons (Fsp3) is 0.364. The number of carbonyl (C=O) groups excluding carboxylic acids is 2. The lowest BCUT2D eigenvalue weighted by Gasteiger charge is -2.30. The minimum Gasteiger partial charge on any atom is -0.443 e. The molecule has 3 atom stereocenters. The lowest BCUT2D eigenvalue weighted by molar-refractivity contribution is -0.131. The van der Waals surface area contributed by atoms with E-state index in [9.17, 15) is 14.7 Å². The second-order valence-corrected chi connectivity index (χ2v) is 7.25. The van der Waals surface area contributed by atoms with E-state index in [-0.39, 0.29) is 24.5 Å². The van der Waals surface area contributed by atoms with Crippen LogP contribution in [0, 0.1) is 0 Å². The lowest BCUT2D eigenvalue weighted by atomic mass is 9.85. The monoisotopic (exact) mass is 365 g/mol. The highest BCUT2D eigenvalue weighted by Crippen LogP contribution is 2.41. The maximum absolute atomic E-state index is 12.8. The van der Waals surface area contributed by atoms with Gasteiger partial charge in [-0.1, -0.05) is 54.6 Å². The standard InChI is InChI=1S/C22H23NO4/c24-17(12-10-15-6-2-1-3-7-15)14-20(25)23-21-18-9-5-4-8-16(18)11-13-19(21)27-22(23)26/h1-9,17,19,21,24H,10-14H2/t17-,19-,21-/m0/s1. The molecule has 0 spiro atoms. The second-order valence-electron chi connectivity index (χ2n) is 7.25. The Labute approximate surface area is 158 Å². The number of imide groups is 1. The number of nitrogens with zero attached hydrogens (tertiary/aromatic N) is 1. The fourth-order valence-electron chi connectivity index (χ4n) is 4.07. The van der Waals surface area contributed by atoms with E-state index < -0.39 is 12.2 Å². The number of benzene rings is 2. The van der Waals surface area contributed by atoms with Crippen molar-refractivity contribution in [2.75, 3.05) is 0 Å². The molecule has 2 aromatic rings. The molecule has 1 saturated heterocycles. The van der Waals surface area contributed by atoms with Crippen molar-refractivity contribution in [3.8, 4) is 0 Å². The second kappa shape index (κ2) is 7.53. The Morgan fingerprint density at radius 1 is 1.15 bits per heavy atom. The molecular weight excluding hydrogens is 342 g/mol. The molecule has 2 aromatic carbocycles. The average molecular weight is 365 g/mol. The number of aliphatic hydroxyl groups is 1. The van der Waals surface area contributed by atoms with Crippen molar-refractivity contribution in [1.29, 1.82) is 0 Å². The SMILES string of the molecule is O=C(C[C@@H](O)CCc1ccccc1)N1C(=O)O[C@H]2CCc3ccccc3[C@@H]21. The van der Waals surface area contributed by atoms with Gasteiger partial charge in [0.25, 0.3) is 0 Å². The van der Waals surface area contributed by atoms with Gasteiger partial charge in [0.1, 0.15) is 12.1 Å². The molecule has 1 aliphatic heterocycles. The van der Waals surface area contributed by atoms with E-state index in [1.165, 1.54) is 4.90 Å². The van der Waals surface area contributed by atoms with Crippen LogP contribution < -0.4 is 0 Å². The zero-order chi connectivity index (χ0) is 18.8. The van der Waals surface area contributed by atoms with E-state index in [0.29, 0.717) is 19.3 Å². The molecule has 1 fully saturated rings. The Kier molecular flexibility index (Phi) is 4.94. The van der Waals surface area contributed by atoms with E-state index >= 15 is 0 Å². The first-order chi connectivity index (χ1) is 13.1. The summed E-state index contributed by atoms with van der Waals surface area (Å²) in [5.74, 6) is -0.371. The van der Waals surface area contributed by atoms with Gasteiger partial charge in [-0.15, -0.1) is 0 Å². The third-order valence-corrected chi connectivity index (χ3v) is 5.44. The number of fused-ring (bicyclic) bond motifs is 3. The van der Waals surface area contributed by atoms with Crippen LogP contribution in [0.25, 0.3) is 0 Å². The predicted molar refractivity (Wildman–Crippen MR) is 100 cm³/mol. The number of rotatable bonds is 5. The molecule has 4 rings (SSSR count). The van der Waals surface area contributed by atoms with E-state index in [2.05, 4.69) is 0 Å². The zero-order valence-corrected chi connectivity index (χ0v) is 15.1. The minimum absolute atomic E-state index is 0.0761. The summed E-state index contributed by atoms with van der Waals surface area (Å²) in [6.45, 7) is 0. The van der Waals surface area contributed by atoms with Gasteiger partial charge in [-0.25, -0.2) is 9.69 Å². The highest BCUT2D eigenvalue weighted by Gasteiger charge is 2.48. The van der Waals surface area contributed by atoms with Crippen molar-refractivity contribution in [2.24, 2.45) is 0 Å². The van der Waals surface area contributed by atoms with E-state index in [1.54, 1.807) is 0 Å².